The Morgan fingerprint density at radius 2 is 2.16 bits per heavy atom. The van der Waals surface area contributed by atoms with Gasteiger partial charge in [0.1, 0.15) is 6.04 Å². The SMILES string of the molecule is CCN(C(=O)C(N)c1cccs1)c1cccc(C)c1. The molecule has 0 bridgehead atoms. The standard InChI is InChI=1S/C15H18N2OS/c1-3-17(12-7-4-6-11(2)10-12)15(18)14(16)13-8-5-9-19-13/h4-10,14H,3,16H2,1-2H3. The van der Waals surface area contributed by atoms with Crippen molar-refractivity contribution < 1.29 is 4.79 Å². The highest BCUT2D eigenvalue weighted by atomic mass is 32.1. The first-order chi connectivity index (χ1) is 9.13. The summed E-state index contributed by atoms with van der Waals surface area (Å²) in [5.41, 5.74) is 8.09. The number of aryl methyl sites for hydroxylation is 1. The maximum Gasteiger partial charge on any atom is 0.249 e. The van der Waals surface area contributed by atoms with Crippen molar-refractivity contribution in [3.05, 3.63) is 52.2 Å². The van der Waals surface area contributed by atoms with E-state index in [0.717, 1.165) is 16.1 Å². The summed E-state index contributed by atoms with van der Waals surface area (Å²) in [6.07, 6.45) is 0. The van der Waals surface area contributed by atoms with E-state index in [9.17, 15) is 4.79 Å². The van der Waals surface area contributed by atoms with Gasteiger partial charge in [0.15, 0.2) is 0 Å². The molecule has 0 saturated heterocycles. The predicted octanol–water partition coefficient (Wildman–Crippen LogP) is 3.11. The molecule has 3 nitrogen and oxygen atoms in total. The molecule has 2 aromatic rings. The number of anilines is 1. The van der Waals surface area contributed by atoms with Crippen LogP contribution in [-0.4, -0.2) is 12.5 Å². The van der Waals surface area contributed by atoms with Crippen LogP contribution in [0.3, 0.4) is 0 Å². The van der Waals surface area contributed by atoms with Gasteiger partial charge in [-0.05, 0) is 43.0 Å². The Labute approximate surface area is 117 Å². The number of carbonyl (C=O) groups excluding carboxylic acids is 1. The van der Waals surface area contributed by atoms with E-state index in [1.807, 2.05) is 55.6 Å². The molecule has 0 spiro atoms. The highest BCUT2D eigenvalue weighted by molar-refractivity contribution is 7.10. The van der Waals surface area contributed by atoms with Crippen LogP contribution in [-0.2, 0) is 4.79 Å². The Morgan fingerprint density at radius 3 is 2.74 bits per heavy atom. The molecule has 1 aromatic carbocycles. The lowest BCUT2D eigenvalue weighted by Gasteiger charge is -2.24. The van der Waals surface area contributed by atoms with Gasteiger partial charge in [-0.15, -0.1) is 11.3 Å². The maximum atomic E-state index is 12.5. The Morgan fingerprint density at radius 1 is 1.37 bits per heavy atom. The molecule has 1 unspecified atom stereocenters. The summed E-state index contributed by atoms with van der Waals surface area (Å²) in [6, 6.07) is 11.1. The summed E-state index contributed by atoms with van der Waals surface area (Å²) in [4.78, 5) is 15.1. The molecule has 4 heteroatoms. The number of nitrogens with zero attached hydrogens (tertiary/aromatic N) is 1. The lowest BCUT2D eigenvalue weighted by molar-refractivity contribution is -0.119. The molecule has 0 aliphatic carbocycles. The monoisotopic (exact) mass is 274 g/mol. The average molecular weight is 274 g/mol. The minimum atomic E-state index is -0.583. The lowest BCUT2D eigenvalue weighted by Crippen LogP contribution is -2.38. The zero-order valence-corrected chi connectivity index (χ0v) is 12.0. The van der Waals surface area contributed by atoms with E-state index in [-0.39, 0.29) is 5.91 Å². The van der Waals surface area contributed by atoms with Gasteiger partial charge in [0.05, 0.1) is 0 Å². The predicted molar refractivity (Wildman–Crippen MR) is 80.5 cm³/mol. The van der Waals surface area contributed by atoms with E-state index in [1.54, 1.807) is 4.90 Å². The van der Waals surface area contributed by atoms with Crippen molar-refractivity contribution in [2.24, 2.45) is 5.73 Å². The molecule has 1 atom stereocenters. The van der Waals surface area contributed by atoms with Gasteiger partial charge in [0.2, 0.25) is 5.91 Å². The molecular weight excluding hydrogens is 256 g/mol. The topological polar surface area (TPSA) is 46.3 Å². The van der Waals surface area contributed by atoms with E-state index in [2.05, 4.69) is 0 Å². The van der Waals surface area contributed by atoms with E-state index in [4.69, 9.17) is 5.73 Å². The van der Waals surface area contributed by atoms with Crippen LogP contribution in [0.1, 0.15) is 23.4 Å². The molecule has 1 heterocycles. The van der Waals surface area contributed by atoms with Crippen molar-refractivity contribution in [1.82, 2.24) is 0 Å². The molecule has 19 heavy (non-hydrogen) atoms. The fourth-order valence-corrected chi connectivity index (χ4v) is 2.74. The third kappa shape index (κ3) is 3.03. The normalized spacial score (nSPS) is 12.2. The lowest BCUT2D eigenvalue weighted by atomic mass is 10.1. The van der Waals surface area contributed by atoms with Crippen LogP contribution < -0.4 is 10.6 Å². The Bertz CT molecular complexity index is 551. The van der Waals surface area contributed by atoms with Gasteiger partial charge in [-0.25, -0.2) is 0 Å². The second-order valence-electron chi connectivity index (χ2n) is 4.41. The third-order valence-corrected chi connectivity index (χ3v) is 3.97. The summed E-state index contributed by atoms with van der Waals surface area (Å²) in [7, 11) is 0. The first-order valence-corrected chi connectivity index (χ1v) is 7.18. The quantitative estimate of drug-likeness (QED) is 0.931. The Hall–Kier alpha value is -1.65. The molecule has 0 saturated carbocycles. The number of carbonyl (C=O) groups is 1. The molecule has 0 radical (unpaired) electrons. The van der Waals surface area contributed by atoms with Crippen molar-refractivity contribution in [3.8, 4) is 0 Å². The van der Waals surface area contributed by atoms with E-state index >= 15 is 0 Å². The molecule has 0 aliphatic rings. The molecular formula is C15H18N2OS. The molecule has 2 rings (SSSR count). The molecule has 2 N–H and O–H groups in total. The van der Waals surface area contributed by atoms with Crippen LogP contribution in [0.4, 0.5) is 5.69 Å². The summed E-state index contributed by atoms with van der Waals surface area (Å²) < 4.78 is 0. The molecule has 0 aliphatic heterocycles. The third-order valence-electron chi connectivity index (χ3n) is 3.01. The molecule has 0 fully saturated rings. The number of hydrogen-bond acceptors (Lipinski definition) is 3. The van der Waals surface area contributed by atoms with Crippen LogP contribution in [0.2, 0.25) is 0 Å². The van der Waals surface area contributed by atoms with Crippen molar-refractivity contribution in [2.45, 2.75) is 19.9 Å². The van der Waals surface area contributed by atoms with E-state index in [0.29, 0.717) is 6.54 Å². The van der Waals surface area contributed by atoms with Gasteiger partial charge >= 0.3 is 0 Å². The van der Waals surface area contributed by atoms with E-state index < -0.39 is 6.04 Å². The summed E-state index contributed by atoms with van der Waals surface area (Å²) >= 11 is 1.51. The fourth-order valence-electron chi connectivity index (χ4n) is 2.02. The minimum absolute atomic E-state index is 0.0597. The number of rotatable bonds is 4. The van der Waals surface area contributed by atoms with Gasteiger partial charge in [0.25, 0.3) is 0 Å². The van der Waals surface area contributed by atoms with E-state index in [1.165, 1.54) is 11.3 Å². The Balaban J connectivity index is 2.25. The van der Waals surface area contributed by atoms with Gasteiger partial charge in [-0.3, -0.25) is 4.79 Å². The zero-order chi connectivity index (χ0) is 13.8. The second-order valence-corrected chi connectivity index (χ2v) is 5.39. The van der Waals surface area contributed by atoms with Crippen LogP contribution >= 0.6 is 11.3 Å². The summed E-state index contributed by atoms with van der Waals surface area (Å²) in [5, 5.41) is 1.94. The summed E-state index contributed by atoms with van der Waals surface area (Å²) in [6.45, 7) is 4.59. The fraction of sp³-hybridized carbons (Fsp3) is 0.267. The number of amides is 1. The molecule has 100 valence electrons. The first kappa shape index (κ1) is 13.8. The van der Waals surface area contributed by atoms with Gasteiger partial charge in [-0.1, -0.05) is 18.2 Å². The van der Waals surface area contributed by atoms with Crippen molar-refractivity contribution in [2.75, 3.05) is 11.4 Å². The van der Waals surface area contributed by atoms with Crippen molar-refractivity contribution in [3.63, 3.8) is 0 Å². The number of thiophene rings is 1. The number of nitrogens with two attached hydrogens (primary N) is 1. The number of benzene rings is 1. The number of likely N-dealkylation sites (N-methyl/N-ethyl adjacent to an activating group) is 1. The molecule has 1 amide bonds. The first-order valence-electron chi connectivity index (χ1n) is 6.30. The van der Waals surface area contributed by atoms with Gasteiger partial charge in [-0.2, -0.15) is 0 Å². The second kappa shape index (κ2) is 5.99. The molecule has 1 aromatic heterocycles. The van der Waals surface area contributed by atoms with Crippen LogP contribution in [0.5, 0.6) is 0 Å². The number of hydrogen-bond donors (Lipinski definition) is 1. The zero-order valence-electron chi connectivity index (χ0n) is 11.2. The van der Waals surface area contributed by atoms with Gasteiger partial charge in [0, 0.05) is 17.1 Å². The largest absolute Gasteiger partial charge is 0.316 e. The van der Waals surface area contributed by atoms with Crippen LogP contribution in [0.25, 0.3) is 0 Å². The van der Waals surface area contributed by atoms with Crippen LogP contribution in [0, 0.1) is 6.92 Å². The minimum Gasteiger partial charge on any atom is -0.316 e. The van der Waals surface area contributed by atoms with Crippen LogP contribution in [0.15, 0.2) is 41.8 Å². The highest BCUT2D eigenvalue weighted by Crippen LogP contribution is 2.23. The summed E-state index contributed by atoms with van der Waals surface area (Å²) in [5.74, 6) is -0.0597. The Kier molecular flexibility index (Phi) is 4.35. The smallest absolute Gasteiger partial charge is 0.249 e. The van der Waals surface area contributed by atoms with Crippen molar-refractivity contribution >= 4 is 22.9 Å². The van der Waals surface area contributed by atoms with Crippen molar-refractivity contribution in [1.29, 1.82) is 0 Å². The average Bonchev–Trinajstić information content (AvgIpc) is 2.92. The maximum absolute atomic E-state index is 12.5. The highest BCUT2D eigenvalue weighted by Gasteiger charge is 2.23. The van der Waals surface area contributed by atoms with Gasteiger partial charge < -0.3 is 10.6 Å².